The summed E-state index contributed by atoms with van der Waals surface area (Å²) in [6.07, 6.45) is 5.34. The average Bonchev–Trinajstić information content (AvgIpc) is 3.09. The van der Waals surface area contributed by atoms with Crippen LogP contribution in [0.3, 0.4) is 0 Å². The van der Waals surface area contributed by atoms with Crippen LogP contribution in [0.2, 0.25) is 0 Å². The van der Waals surface area contributed by atoms with Crippen LogP contribution in [0, 0.1) is 18.8 Å². The van der Waals surface area contributed by atoms with Gasteiger partial charge in [0.25, 0.3) is 5.91 Å². The van der Waals surface area contributed by atoms with Gasteiger partial charge in [0.05, 0.1) is 5.69 Å². The fourth-order valence-electron chi connectivity index (χ4n) is 3.57. The molecule has 1 aliphatic rings. The van der Waals surface area contributed by atoms with Crippen LogP contribution in [-0.4, -0.2) is 26.8 Å². The van der Waals surface area contributed by atoms with Crippen LogP contribution in [0.1, 0.15) is 49.2 Å². The zero-order chi connectivity index (χ0) is 19.4. The Bertz CT molecular complexity index is 801. The number of aromatic nitrogens is 2. The number of benzene rings is 1. The molecule has 1 amide bonds. The van der Waals surface area contributed by atoms with Crippen molar-refractivity contribution in [3.63, 3.8) is 0 Å². The molecule has 0 saturated heterocycles. The van der Waals surface area contributed by atoms with Crippen LogP contribution in [0.5, 0.6) is 0 Å². The number of nitrogens with zero attached hydrogens (tertiary/aromatic N) is 2. The maximum atomic E-state index is 12.3. The summed E-state index contributed by atoms with van der Waals surface area (Å²) < 4.78 is 1.82. The number of carbonyl (C=O) groups excluding carboxylic acids is 1. The van der Waals surface area contributed by atoms with E-state index in [0.717, 1.165) is 17.8 Å². The second-order valence-corrected chi connectivity index (χ2v) is 7.77. The number of thiocarbonyl (C=S) groups is 1. The number of hydrogen-bond acceptors (Lipinski definition) is 3. The predicted octanol–water partition coefficient (Wildman–Crippen LogP) is 3.11. The van der Waals surface area contributed by atoms with Gasteiger partial charge in [0.15, 0.2) is 5.11 Å². The first-order valence-electron chi connectivity index (χ1n) is 9.43. The fourth-order valence-corrected chi connectivity index (χ4v) is 3.77. The molecule has 144 valence electrons. The monoisotopic (exact) mass is 385 g/mol. The molecule has 0 unspecified atom stereocenters. The van der Waals surface area contributed by atoms with Gasteiger partial charge >= 0.3 is 0 Å². The Morgan fingerprint density at radius 2 is 1.89 bits per heavy atom. The second-order valence-electron chi connectivity index (χ2n) is 7.36. The zero-order valence-electron chi connectivity index (χ0n) is 16.0. The van der Waals surface area contributed by atoms with E-state index in [2.05, 4.69) is 35.1 Å². The van der Waals surface area contributed by atoms with Crippen LogP contribution < -0.4 is 16.2 Å². The minimum Gasteiger partial charge on any atom is -0.358 e. The van der Waals surface area contributed by atoms with E-state index >= 15 is 0 Å². The average molecular weight is 386 g/mol. The van der Waals surface area contributed by atoms with E-state index in [9.17, 15) is 4.79 Å². The largest absolute Gasteiger partial charge is 0.358 e. The number of hydrazine groups is 1. The van der Waals surface area contributed by atoms with E-state index in [1.807, 2.05) is 29.8 Å². The lowest BCUT2D eigenvalue weighted by Crippen LogP contribution is -2.52. The van der Waals surface area contributed by atoms with Gasteiger partial charge in [0.1, 0.15) is 0 Å². The summed E-state index contributed by atoms with van der Waals surface area (Å²) in [5.41, 5.74) is 7.99. The molecule has 1 aromatic heterocycles. The van der Waals surface area contributed by atoms with Gasteiger partial charge in [-0.15, -0.1) is 0 Å². The third-order valence-corrected chi connectivity index (χ3v) is 5.74. The standard InChI is InChI=1S/C20H27N5OS/c1-13-5-4-6-18(15(13)3)22-20(27)24-23-19(26)16-7-9-17(10-8-16)25-14(2)11-12-21-25/h7-13,15,18H,4-6H2,1-3H3,(H,23,26)(H2,22,24,27)/t13-,15-,18+/m0/s1. The van der Waals surface area contributed by atoms with Gasteiger partial charge in [-0.2, -0.15) is 5.10 Å². The first-order chi connectivity index (χ1) is 13.0. The molecule has 1 heterocycles. The maximum Gasteiger partial charge on any atom is 0.269 e. The lowest BCUT2D eigenvalue weighted by atomic mass is 9.78. The number of hydrogen-bond donors (Lipinski definition) is 3. The molecule has 7 heteroatoms. The zero-order valence-corrected chi connectivity index (χ0v) is 16.8. The van der Waals surface area contributed by atoms with Gasteiger partial charge in [-0.1, -0.05) is 26.7 Å². The molecule has 3 N–H and O–H groups in total. The van der Waals surface area contributed by atoms with E-state index in [-0.39, 0.29) is 5.91 Å². The van der Waals surface area contributed by atoms with Gasteiger partial charge in [0.2, 0.25) is 0 Å². The smallest absolute Gasteiger partial charge is 0.269 e. The summed E-state index contributed by atoms with van der Waals surface area (Å²) in [7, 11) is 0. The lowest BCUT2D eigenvalue weighted by molar-refractivity contribution is 0.0943. The molecule has 1 fully saturated rings. The molecule has 0 spiro atoms. The molecule has 1 aliphatic carbocycles. The topological polar surface area (TPSA) is 71.0 Å². The molecular weight excluding hydrogens is 358 g/mol. The Morgan fingerprint density at radius 3 is 2.56 bits per heavy atom. The van der Waals surface area contributed by atoms with Gasteiger partial charge < -0.3 is 5.32 Å². The Hall–Kier alpha value is -2.41. The molecule has 6 nitrogen and oxygen atoms in total. The molecule has 0 bridgehead atoms. The molecule has 1 aromatic carbocycles. The van der Waals surface area contributed by atoms with Crippen LogP contribution in [0.15, 0.2) is 36.5 Å². The summed E-state index contributed by atoms with van der Waals surface area (Å²) in [5, 5.41) is 8.06. The highest BCUT2D eigenvalue weighted by Gasteiger charge is 2.27. The summed E-state index contributed by atoms with van der Waals surface area (Å²) in [6, 6.07) is 9.57. The highest BCUT2D eigenvalue weighted by atomic mass is 32.1. The summed E-state index contributed by atoms with van der Waals surface area (Å²) in [6.45, 7) is 6.52. The van der Waals surface area contributed by atoms with Crippen molar-refractivity contribution in [2.75, 3.05) is 0 Å². The number of carbonyl (C=O) groups is 1. The van der Waals surface area contributed by atoms with Gasteiger partial charge in [-0.05, 0) is 67.7 Å². The van der Waals surface area contributed by atoms with Crippen molar-refractivity contribution in [1.29, 1.82) is 0 Å². The first kappa shape index (κ1) is 19.4. The minimum atomic E-state index is -0.229. The van der Waals surface area contributed by atoms with Crippen molar-refractivity contribution < 1.29 is 4.79 Å². The quantitative estimate of drug-likeness (QED) is 0.559. The SMILES string of the molecule is Cc1ccnn1-c1ccc(C(=O)NNC(=S)N[C@@H]2CCC[C@H](C)[C@@H]2C)cc1. The molecule has 27 heavy (non-hydrogen) atoms. The minimum absolute atomic E-state index is 0.229. The third-order valence-electron chi connectivity index (χ3n) is 5.52. The van der Waals surface area contributed by atoms with E-state index in [4.69, 9.17) is 12.2 Å². The van der Waals surface area contributed by atoms with Crippen molar-refractivity contribution in [2.24, 2.45) is 11.8 Å². The molecule has 2 aromatic rings. The Morgan fingerprint density at radius 1 is 1.15 bits per heavy atom. The fraction of sp³-hybridized carbons (Fsp3) is 0.450. The molecule has 3 atom stereocenters. The number of rotatable bonds is 3. The lowest BCUT2D eigenvalue weighted by Gasteiger charge is -2.35. The van der Waals surface area contributed by atoms with Crippen LogP contribution >= 0.6 is 12.2 Å². The van der Waals surface area contributed by atoms with E-state index in [1.165, 1.54) is 12.8 Å². The molecular formula is C20H27N5OS. The Labute approximate surface area is 165 Å². The Balaban J connectivity index is 1.51. The molecule has 3 rings (SSSR count). The molecule has 0 radical (unpaired) electrons. The number of amides is 1. The van der Waals surface area contributed by atoms with Gasteiger partial charge in [-0.3, -0.25) is 15.6 Å². The maximum absolute atomic E-state index is 12.3. The van der Waals surface area contributed by atoms with Crippen molar-refractivity contribution in [2.45, 2.75) is 46.1 Å². The summed E-state index contributed by atoms with van der Waals surface area (Å²) >= 11 is 5.34. The van der Waals surface area contributed by atoms with Crippen molar-refractivity contribution in [3.8, 4) is 5.69 Å². The van der Waals surface area contributed by atoms with E-state index in [0.29, 0.717) is 28.6 Å². The van der Waals surface area contributed by atoms with Gasteiger partial charge in [0, 0.05) is 23.5 Å². The van der Waals surface area contributed by atoms with Crippen molar-refractivity contribution >= 4 is 23.2 Å². The van der Waals surface area contributed by atoms with Crippen molar-refractivity contribution in [3.05, 3.63) is 47.8 Å². The number of aryl methyl sites for hydroxylation is 1. The first-order valence-corrected chi connectivity index (χ1v) is 9.84. The van der Waals surface area contributed by atoms with Gasteiger partial charge in [-0.25, -0.2) is 4.68 Å². The summed E-state index contributed by atoms with van der Waals surface area (Å²) in [5.74, 6) is 1.02. The van der Waals surface area contributed by atoms with E-state index in [1.54, 1.807) is 18.3 Å². The normalized spacial score (nSPS) is 22.1. The van der Waals surface area contributed by atoms with Crippen LogP contribution in [0.4, 0.5) is 0 Å². The van der Waals surface area contributed by atoms with Crippen LogP contribution in [0.25, 0.3) is 5.69 Å². The second kappa shape index (κ2) is 8.52. The third kappa shape index (κ3) is 4.66. The highest BCUT2D eigenvalue weighted by molar-refractivity contribution is 7.80. The molecule has 0 aliphatic heterocycles. The molecule has 1 saturated carbocycles. The van der Waals surface area contributed by atoms with Crippen molar-refractivity contribution in [1.82, 2.24) is 25.9 Å². The van der Waals surface area contributed by atoms with E-state index < -0.39 is 0 Å². The Kier molecular flexibility index (Phi) is 6.11. The van der Waals surface area contributed by atoms with Crippen LogP contribution in [-0.2, 0) is 0 Å². The predicted molar refractivity (Wildman–Crippen MR) is 111 cm³/mol. The summed E-state index contributed by atoms with van der Waals surface area (Å²) in [4.78, 5) is 12.3. The highest BCUT2D eigenvalue weighted by Crippen LogP contribution is 2.29. The number of nitrogens with one attached hydrogen (secondary N) is 3.